The van der Waals surface area contributed by atoms with Gasteiger partial charge < -0.3 is 5.73 Å². The quantitative estimate of drug-likeness (QED) is 0.373. The number of halogens is 7. The normalized spacial score (nSPS) is 20.3. The molecule has 1 unspecified atom stereocenters. The number of alkyl halides is 3. The summed E-state index contributed by atoms with van der Waals surface area (Å²) in [4.78, 5) is 4.17. The van der Waals surface area contributed by atoms with Gasteiger partial charge in [-0.2, -0.15) is 13.2 Å². The van der Waals surface area contributed by atoms with E-state index >= 15 is 0 Å². The van der Waals surface area contributed by atoms with Gasteiger partial charge in [-0.15, -0.1) is 0 Å². The molecule has 0 aromatic heterocycles. The van der Waals surface area contributed by atoms with Gasteiger partial charge in [-0.25, -0.2) is 0 Å². The molecule has 1 heterocycles. The molecule has 0 bridgehead atoms. The summed E-state index contributed by atoms with van der Waals surface area (Å²) in [5.41, 5.74) is 4.87. The molecule has 0 radical (unpaired) electrons. The lowest BCUT2D eigenvalue weighted by atomic mass is 9.76. The highest BCUT2D eigenvalue weighted by molar-refractivity contribution is 9.10. The maximum atomic E-state index is 14.1. The molecule has 3 rings (SSSR count). The molecule has 138 valence electrons. The Morgan fingerprint density at radius 3 is 2.23 bits per heavy atom. The summed E-state index contributed by atoms with van der Waals surface area (Å²) in [6.07, 6.45) is -4.88. The van der Waals surface area contributed by atoms with E-state index in [-0.39, 0.29) is 27.1 Å². The van der Waals surface area contributed by atoms with Crippen LogP contribution in [0.2, 0.25) is 15.1 Å². The molecule has 0 aliphatic carbocycles. The first-order valence-electron chi connectivity index (χ1n) is 7.35. The maximum Gasteiger partial charge on any atom is 0.400 e. The molecule has 2 N–H and O–H groups in total. The lowest BCUT2D eigenvalue weighted by Gasteiger charge is -2.32. The Labute approximate surface area is 171 Å². The minimum Gasteiger partial charge on any atom is -0.398 e. The summed E-state index contributed by atoms with van der Waals surface area (Å²) in [5, 5.41) is -0.0287. The Bertz CT molecular complexity index is 892. The number of benzene rings is 2. The molecule has 0 spiro atoms. The number of aliphatic imine (C=N–C) groups is 1. The molecule has 2 aromatic rings. The molecule has 9 heteroatoms. The second-order valence-electron chi connectivity index (χ2n) is 6.01. The van der Waals surface area contributed by atoms with Crippen LogP contribution >= 0.6 is 50.7 Å². The van der Waals surface area contributed by atoms with E-state index < -0.39 is 18.1 Å². The van der Waals surface area contributed by atoms with E-state index in [2.05, 4.69) is 20.9 Å². The average molecular weight is 487 g/mol. The van der Waals surface area contributed by atoms with Crippen molar-refractivity contribution in [2.75, 3.05) is 12.3 Å². The number of hydrogen-bond donors (Lipinski definition) is 1. The van der Waals surface area contributed by atoms with Gasteiger partial charge in [-0.05, 0) is 51.3 Å². The highest BCUT2D eigenvalue weighted by atomic mass is 79.9. The van der Waals surface area contributed by atoms with Crippen molar-refractivity contribution < 1.29 is 13.2 Å². The van der Waals surface area contributed by atoms with Gasteiger partial charge in [-0.1, -0.05) is 40.9 Å². The van der Waals surface area contributed by atoms with Crippen LogP contribution in [0.15, 0.2) is 39.8 Å². The number of nitrogen functional groups attached to an aromatic ring is 1. The van der Waals surface area contributed by atoms with Crippen molar-refractivity contribution >= 4 is 62.1 Å². The zero-order valence-electron chi connectivity index (χ0n) is 13.0. The van der Waals surface area contributed by atoms with Crippen molar-refractivity contribution in [3.8, 4) is 0 Å². The molecular formula is C17H11BrCl3F3N2. The standard InChI is InChI=1S/C17H11BrCl3F3N2/c18-10-3-8(1-2-13(10)25)14-6-16(7-26-14,17(22,23)24)9-4-11(19)15(21)12(20)5-9/h1-5H,6-7,25H2. The highest BCUT2D eigenvalue weighted by Crippen LogP contribution is 2.49. The third kappa shape index (κ3) is 3.33. The number of nitrogens with two attached hydrogens (primary N) is 1. The highest BCUT2D eigenvalue weighted by Gasteiger charge is 2.58. The average Bonchev–Trinajstić information content (AvgIpc) is 3.01. The Hall–Kier alpha value is -0.950. The van der Waals surface area contributed by atoms with E-state index in [0.29, 0.717) is 21.4 Å². The van der Waals surface area contributed by atoms with Crippen molar-refractivity contribution in [3.05, 3.63) is 61.0 Å². The summed E-state index contributed by atoms with van der Waals surface area (Å²) in [5.74, 6) is 0. The monoisotopic (exact) mass is 484 g/mol. The van der Waals surface area contributed by atoms with Crippen LogP contribution in [0.5, 0.6) is 0 Å². The van der Waals surface area contributed by atoms with Crippen LogP contribution in [-0.4, -0.2) is 18.4 Å². The maximum absolute atomic E-state index is 14.1. The number of rotatable bonds is 2. The smallest absolute Gasteiger partial charge is 0.398 e. The molecule has 2 aromatic carbocycles. The van der Waals surface area contributed by atoms with Crippen LogP contribution in [0.3, 0.4) is 0 Å². The van der Waals surface area contributed by atoms with Gasteiger partial charge in [0.05, 0.1) is 21.6 Å². The minimum absolute atomic E-state index is 0.0241. The predicted molar refractivity (Wildman–Crippen MR) is 104 cm³/mol. The second kappa shape index (κ2) is 6.89. The first-order valence-corrected chi connectivity index (χ1v) is 9.28. The van der Waals surface area contributed by atoms with Crippen molar-refractivity contribution in [2.24, 2.45) is 4.99 Å². The fourth-order valence-corrected chi connectivity index (χ4v) is 3.88. The summed E-state index contributed by atoms with van der Waals surface area (Å²) >= 11 is 21.1. The molecule has 1 atom stereocenters. The number of hydrogen-bond acceptors (Lipinski definition) is 2. The third-order valence-electron chi connectivity index (χ3n) is 4.42. The summed E-state index contributed by atoms with van der Waals surface area (Å²) in [6.45, 7) is -0.456. The topological polar surface area (TPSA) is 38.4 Å². The molecule has 26 heavy (non-hydrogen) atoms. The fourth-order valence-electron chi connectivity index (χ4n) is 2.91. The zero-order chi connectivity index (χ0) is 19.3. The first kappa shape index (κ1) is 19.8. The van der Waals surface area contributed by atoms with Gasteiger partial charge in [-0.3, -0.25) is 4.99 Å². The van der Waals surface area contributed by atoms with Crippen LogP contribution < -0.4 is 5.73 Å². The minimum atomic E-state index is -4.55. The largest absolute Gasteiger partial charge is 0.400 e. The number of anilines is 1. The second-order valence-corrected chi connectivity index (χ2v) is 8.06. The van der Waals surface area contributed by atoms with Gasteiger partial charge in [0.15, 0.2) is 0 Å². The first-order chi connectivity index (χ1) is 12.0. The van der Waals surface area contributed by atoms with E-state index in [9.17, 15) is 13.2 Å². The van der Waals surface area contributed by atoms with Crippen LogP contribution in [-0.2, 0) is 5.41 Å². The summed E-state index contributed by atoms with van der Waals surface area (Å²) in [6, 6.07) is 7.34. The SMILES string of the molecule is Nc1ccc(C2=NCC(c3cc(Cl)c(Cl)c(Cl)c3)(C(F)(F)F)C2)cc1Br. The van der Waals surface area contributed by atoms with Crippen LogP contribution in [0, 0.1) is 0 Å². The van der Waals surface area contributed by atoms with Crippen LogP contribution in [0.1, 0.15) is 17.5 Å². The Morgan fingerprint density at radius 1 is 1.08 bits per heavy atom. The van der Waals surface area contributed by atoms with Gasteiger partial charge in [0, 0.05) is 22.3 Å². The lowest BCUT2D eigenvalue weighted by Crippen LogP contribution is -2.43. The van der Waals surface area contributed by atoms with E-state index in [0.717, 1.165) is 0 Å². The Morgan fingerprint density at radius 2 is 1.69 bits per heavy atom. The van der Waals surface area contributed by atoms with Crippen molar-refractivity contribution in [2.45, 2.75) is 18.0 Å². The van der Waals surface area contributed by atoms with Crippen molar-refractivity contribution in [3.63, 3.8) is 0 Å². The van der Waals surface area contributed by atoms with E-state index in [1.165, 1.54) is 12.1 Å². The third-order valence-corrected chi connectivity index (χ3v) is 6.31. The Kier molecular flexibility index (Phi) is 5.25. The van der Waals surface area contributed by atoms with Gasteiger partial charge in [0.2, 0.25) is 0 Å². The van der Waals surface area contributed by atoms with Crippen molar-refractivity contribution in [1.29, 1.82) is 0 Å². The molecule has 0 amide bonds. The van der Waals surface area contributed by atoms with E-state index in [1.807, 2.05) is 0 Å². The summed E-state index contributed by atoms with van der Waals surface area (Å²) < 4.78 is 42.8. The van der Waals surface area contributed by atoms with Crippen LogP contribution in [0.4, 0.5) is 18.9 Å². The molecule has 0 saturated heterocycles. The Balaban J connectivity index is 2.06. The lowest BCUT2D eigenvalue weighted by molar-refractivity contribution is -0.183. The molecule has 0 saturated carbocycles. The molecular weight excluding hydrogens is 475 g/mol. The molecule has 0 fully saturated rings. The van der Waals surface area contributed by atoms with Crippen LogP contribution in [0.25, 0.3) is 0 Å². The molecule has 1 aliphatic rings. The molecule has 1 aliphatic heterocycles. The van der Waals surface area contributed by atoms with Gasteiger partial charge in [0.1, 0.15) is 5.41 Å². The molecule has 2 nitrogen and oxygen atoms in total. The zero-order valence-corrected chi connectivity index (χ0v) is 16.8. The predicted octanol–water partition coefficient (Wildman–Crippen LogP) is 6.68. The van der Waals surface area contributed by atoms with E-state index in [1.54, 1.807) is 18.2 Å². The number of nitrogens with zero attached hydrogens (tertiary/aromatic N) is 1. The van der Waals surface area contributed by atoms with E-state index in [4.69, 9.17) is 40.5 Å². The van der Waals surface area contributed by atoms with Crippen molar-refractivity contribution in [1.82, 2.24) is 0 Å². The van der Waals surface area contributed by atoms with Gasteiger partial charge >= 0.3 is 6.18 Å². The summed E-state index contributed by atoms with van der Waals surface area (Å²) in [7, 11) is 0. The van der Waals surface area contributed by atoms with Gasteiger partial charge in [0.25, 0.3) is 0 Å². The fraction of sp³-hybridized carbons (Fsp3) is 0.235.